The zero-order valence-electron chi connectivity index (χ0n) is 31.5. The summed E-state index contributed by atoms with van der Waals surface area (Å²) < 4.78 is 21.9. The number of hydrogen-bond donors (Lipinski definition) is 2. The number of carbonyl (C=O) groups is 5. The van der Waals surface area contributed by atoms with Crippen LogP contribution in [0.25, 0.3) is 0 Å². The Hall–Kier alpha value is -4.34. The Morgan fingerprint density at radius 2 is 1.78 bits per heavy atom. The number of nitrogens with two attached hydrogens (primary N) is 1. The number of ketones is 2. The molecule has 3 N–H and O–H groups in total. The Morgan fingerprint density at radius 3 is 2.45 bits per heavy atom. The predicted molar refractivity (Wildman–Crippen MR) is 195 cm³/mol. The predicted octanol–water partition coefficient (Wildman–Crippen LogP) is 4.75. The van der Waals surface area contributed by atoms with Crippen LogP contribution in [0.5, 0.6) is 5.75 Å². The van der Waals surface area contributed by atoms with Crippen LogP contribution in [-0.2, 0) is 44.6 Å². The number of halogens is 1. The lowest BCUT2D eigenvalue weighted by molar-refractivity contribution is -0.757. The molecule has 0 aromatic heterocycles. The molecule has 3 fully saturated rings. The molecule has 4 aliphatic rings. The van der Waals surface area contributed by atoms with Crippen molar-refractivity contribution in [2.45, 2.75) is 102 Å². The van der Waals surface area contributed by atoms with Crippen molar-refractivity contribution in [1.29, 1.82) is 0 Å². The van der Waals surface area contributed by atoms with Crippen molar-refractivity contribution < 1.29 is 58.0 Å². The van der Waals surface area contributed by atoms with E-state index in [1.165, 1.54) is 18.2 Å². The zero-order chi connectivity index (χ0) is 40.3. The Morgan fingerprint density at radius 1 is 1.09 bits per heavy atom. The van der Waals surface area contributed by atoms with Crippen molar-refractivity contribution in [2.24, 2.45) is 34.3 Å². The molecule has 15 nitrogen and oxygen atoms in total. The summed E-state index contributed by atoms with van der Waals surface area (Å²) in [5.74, 6) is -3.00. The van der Waals surface area contributed by atoms with Crippen LogP contribution in [0.4, 0.5) is 4.79 Å². The van der Waals surface area contributed by atoms with Crippen molar-refractivity contribution in [1.82, 2.24) is 0 Å². The molecule has 0 spiro atoms. The highest BCUT2D eigenvalue weighted by Crippen LogP contribution is 2.72. The first-order chi connectivity index (χ1) is 25.9. The molecular weight excluding hydrogens is 740 g/mol. The summed E-state index contributed by atoms with van der Waals surface area (Å²) in [6, 6.07) is 5.12. The molecule has 0 amide bonds. The maximum Gasteiger partial charge on any atom is 0.514 e. The van der Waals surface area contributed by atoms with Crippen molar-refractivity contribution in [2.75, 3.05) is 19.8 Å². The molecule has 1 aromatic carbocycles. The Balaban J connectivity index is 1.23. The van der Waals surface area contributed by atoms with Crippen LogP contribution in [0.15, 0.2) is 48.1 Å². The molecule has 0 aliphatic heterocycles. The molecule has 5 rings (SSSR count). The number of hydrogen-bond acceptors (Lipinski definition) is 14. The minimum absolute atomic E-state index is 0.00636. The Labute approximate surface area is 323 Å². The molecule has 3 saturated carbocycles. The normalized spacial score (nSPS) is 32.5. The fraction of sp³-hybridized carbons (Fsp3) is 0.615. The van der Waals surface area contributed by atoms with Crippen LogP contribution in [-0.4, -0.2) is 82.3 Å². The van der Waals surface area contributed by atoms with E-state index < -0.39 is 74.9 Å². The minimum atomic E-state index is -1.74. The molecule has 9 atom stereocenters. The average molecular weight is 789 g/mol. The molecule has 300 valence electrons. The number of alkyl halides is 1. The number of unbranched alkanes of at least 4 members (excludes halogenated alkanes) is 1. The summed E-state index contributed by atoms with van der Waals surface area (Å²) >= 11 is 7.56. The van der Waals surface area contributed by atoms with E-state index in [2.05, 4.69) is 4.84 Å². The van der Waals surface area contributed by atoms with Crippen LogP contribution in [0.1, 0.15) is 78.2 Å². The zero-order valence-corrected chi connectivity index (χ0v) is 32.2. The number of rotatable bonds is 15. The number of aliphatic hydroxyl groups excluding tert-OH is 1. The summed E-state index contributed by atoms with van der Waals surface area (Å²) in [5, 5.41) is 21.3. The van der Waals surface area contributed by atoms with Gasteiger partial charge in [-0.1, -0.05) is 51.5 Å². The van der Waals surface area contributed by atoms with Gasteiger partial charge in [0.15, 0.2) is 18.0 Å². The van der Waals surface area contributed by atoms with E-state index in [1.807, 2.05) is 20.8 Å². The molecule has 16 heteroatoms. The van der Waals surface area contributed by atoms with Crippen molar-refractivity contribution in [3.63, 3.8) is 0 Å². The van der Waals surface area contributed by atoms with E-state index in [4.69, 9.17) is 36.3 Å². The molecule has 4 aliphatic carbocycles. The van der Waals surface area contributed by atoms with Gasteiger partial charge in [-0.05, 0) is 86.6 Å². The molecule has 0 heterocycles. The number of nitrogens with zero attached hydrogens (tertiary/aromatic N) is 1. The summed E-state index contributed by atoms with van der Waals surface area (Å²) in [6.45, 7) is 6.39. The SMILES string of the molecule is CCC(=O)O[C@]1(C(=O)COC(=O)Oc2ccc(CC(N)C(=O)OCCCCO[N+](=O)[O-])cc2)[C@@H](C)CC2C3CCC4=CC(=O)C=C[C@]4(C)[C@@]3(Cl)[C@@H](O)C[C@@]21C. The molecular formula is C39H49ClN2O13. The van der Waals surface area contributed by atoms with Gasteiger partial charge in [-0.15, -0.1) is 21.7 Å². The summed E-state index contributed by atoms with van der Waals surface area (Å²) in [7, 11) is 0. The van der Waals surface area contributed by atoms with Crippen LogP contribution in [0.2, 0.25) is 0 Å². The second-order valence-corrected chi connectivity index (χ2v) is 16.0. The molecule has 0 saturated heterocycles. The second-order valence-electron chi connectivity index (χ2n) is 15.4. The van der Waals surface area contributed by atoms with Gasteiger partial charge in [0, 0.05) is 23.2 Å². The quantitative estimate of drug-likeness (QED) is 0.0466. The van der Waals surface area contributed by atoms with Gasteiger partial charge in [0.05, 0.1) is 24.2 Å². The number of allylic oxidation sites excluding steroid dienone is 4. The minimum Gasteiger partial charge on any atom is -0.465 e. The van der Waals surface area contributed by atoms with E-state index in [-0.39, 0.29) is 55.8 Å². The molecule has 55 heavy (non-hydrogen) atoms. The topological polar surface area (TPSA) is 221 Å². The van der Waals surface area contributed by atoms with Gasteiger partial charge >= 0.3 is 18.1 Å². The fourth-order valence-corrected chi connectivity index (χ4v) is 10.2. The highest BCUT2D eigenvalue weighted by atomic mass is 35.5. The summed E-state index contributed by atoms with van der Waals surface area (Å²) in [6.07, 6.45) is 4.99. The van der Waals surface area contributed by atoms with E-state index in [9.17, 15) is 39.2 Å². The van der Waals surface area contributed by atoms with Crippen LogP contribution in [0.3, 0.4) is 0 Å². The number of Topliss-reactive ketones (excluding diaryl/α,β-unsaturated/α-hetero) is 1. The first kappa shape index (κ1) is 41.8. The smallest absolute Gasteiger partial charge is 0.465 e. The number of aliphatic hydroxyl groups is 1. The number of benzene rings is 1. The summed E-state index contributed by atoms with van der Waals surface area (Å²) in [4.78, 5) is 78.0. The molecule has 3 unspecified atom stereocenters. The van der Waals surface area contributed by atoms with Gasteiger partial charge in [-0.2, -0.15) is 0 Å². The Kier molecular flexibility index (Phi) is 12.5. The largest absolute Gasteiger partial charge is 0.514 e. The lowest BCUT2D eigenvalue weighted by Gasteiger charge is -2.64. The third-order valence-corrected chi connectivity index (χ3v) is 13.3. The lowest BCUT2D eigenvalue weighted by Crippen LogP contribution is -2.69. The Bertz CT molecular complexity index is 1750. The van der Waals surface area contributed by atoms with Gasteiger partial charge in [0.1, 0.15) is 11.8 Å². The second kappa shape index (κ2) is 16.4. The third kappa shape index (κ3) is 7.75. The molecule has 0 bridgehead atoms. The fourth-order valence-electron chi connectivity index (χ4n) is 9.66. The third-order valence-electron chi connectivity index (χ3n) is 12.3. The maximum absolute atomic E-state index is 14.4. The molecule has 1 aromatic rings. The lowest BCUT2D eigenvalue weighted by atomic mass is 9.45. The van der Waals surface area contributed by atoms with E-state index in [1.54, 1.807) is 31.2 Å². The number of carbonyl (C=O) groups excluding carboxylic acids is 5. The van der Waals surface area contributed by atoms with Gasteiger partial charge in [-0.3, -0.25) is 19.2 Å². The maximum atomic E-state index is 14.4. The standard InChI is InChI=1S/C39H49ClN2O13/c1-5-33(46)55-39(23(2)18-29-28-13-10-25-20-26(43)14-15-36(25,3)38(28,40)31(44)21-37(29,39)4)32(45)22-52-35(48)54-27-11-8-24(9-12-27)19-30(41)34(47)51-16-6-7-17-53-42(49)50/h8-9,11-12,14-15,20,23,28-31,44H,5-7,10,13,16-19,21-22,41H2,1-4H3/t23-,28?,29?,30?,31-,36-,37-,38-,39-/m0/s1. The monoisotopic (exact) mass is 788 g/mol. The van der Waals surface area contributed by atoms with Crippen molar-refractivity contribution in [3.8, 4) is 5.75 Å². The van der Waals surface area contributed by atoms with E-state index >= 15 is 0 Å². The van der Waals surface area contributed by atoms with Crippen molar-refractivity contribution >= 4 is 41.3 Å². The molecule has 0 radical (unpaired) electrons. The van der Waals surface area contributed by atoms with Gasteiger partial charge in [0.25, 0.3) is 5.09 Å². The highest BCUT2D eigenvalue weighted by molar-refractivity contribution is 6.26. The first-order valence-electron chi connectivity index (χ1n) is 18.6. The highest BCUT2D eigenvalue weighted by Gasteiger charge is 2.76. The number of esters is 2. The van der Waals surface area contributed by atoms with Crippen LogP contribution < -0.4 is 10.5 Å². The van der Waals surface area contributed by atoms with E-state index in [0.717, 1.165) is 5.57 Å². The first-order valence-corrected chi connectivity index (χ1v) is 19.0. The van der Waals surface area contributed by atoms with Gasteiger partial charge < -0.3 is 34.6 Å². The van der Waals surface area contributed by atoms with Crippen molar-refractivity contribution in [3.05, 3.63) is 63.7 Å². The summed E-state index contributed by atoms with van der Waals surface area (Å²) in [5.41, 5.74) is 3.84. The van der Waals surface area contributed by atoms with Crippen LogP contribution >= 0.6 is 11.6 Å². The number of ether oxygens (including phenoxy) is 4. The van der Waals surface area contributed by atoms with E-state index in [0.29, 0.717) is 37.7 Å². The van der Waals surface area contributed by atoms with Crippen LogP contribution in [0, 0.1) is 38.7 Å². The van der Waals surface area contributed by atoms with Gasteiger partial charge in [0.2, 0.25) is 5.78 Å². The average Bonchev–Trinajstić information content (AvgIpc) is 3.35. The number of fused-ring (bicyclic) bond motifs is 5. The van der Waals surface area contributed by atoms with Gasteiger partial charge in [-0.25, -0.2) is 4.79 Å².